The predicted molar refractivity (Wildman–Crippen MR) is 42.5 cm³/mol. The minimum absolute atomic E-state index is 0.0295. The van der Waals surface area contributed by atoms with Crippen LogP contribution >= 0.6 is 15.9 Å². The molecule has 54 valence electrons. The lowest BCUT2D eigenvalue weighted by Gasteiger charge is -2.17. The first-order valence-electron chi connectivity index (χ1n) is 2.79. The van der Waals surface area contributed by atoms with Crippen LogP contribution in [0.15, 0.2) is 5.16 Å². The Morgan fingerprint density at radius 3 is 2.00 bits per heavy atom. The van der Waals surface area contributed by atoms with Crippen LogP contribution in [0.3, 0.4) is 0 Å². The third-order valence-electron chi connectivity index (χ3n) is 1.11. The smallest absolute Gasteiger partial charge is 0.0729 e. The minimum Gasteiger partial charge on any atom is -0.411 e. The van der Waals surface area contributed by atoms with Crippen molar-refractivity contribution in [1.29, 1.82) is 0 Å². The van der Waals surface area contributed by atoms with Crippen LogP contribution in [0.4, 0.5) is 0 Å². The molecule has 0 rings (SSSR count). The Bertz CT molecular complexity index is 115. The van der Waals surface area contributed by atoms with E-state index in [1.54, 1.807) is 0 Å². The van der Waals surface area contributed by atoms with Crippen LogP contribution in [0.2, 0.25) is 0 Å². The zero-order valence-corrected chi connectivity index (χ0v) is 7.57. The first kappa shape index (κ1) is 8.95. The molecule has 0 aromatic rings. The zero-order valence-electron chi connectivity index (χ0n) is 5.98. The third-order valence-corrected chi connectivity index (χ3v) is 1.64. The molecular formula is C6H12BrNO. The van der Waals surface area contributed by atoms with Gasteiger partial charge in [0.05, 0.1) is 5.71 Å². The number of hydrogen-bond donors (Lipinski definition) is 1. The summed E-state index contributed by atoms with van der Waals surface area (Å²) in [4.78, 5) is 0. The van der Waals surface area contributed by atoms with Gasteiger partial charge in [0.25, 0.3) is 0 Å². The summed E-state index contributed by atoms with van der Waals surface area (Å²) >= 11 is 3.22. The Kier molecular flexibility index (Phi) is 3.18. The predicted octanol–water partition coefficient (Wildman–Crippen LogP) is 2.26. The fourth-order valence-electron chi connectivity index (χ4n) is 0.377. The number of nitrogens with zero attached hydrogens (tertiary/aromatic N) is 1. The molecule has 2 nitrogen and oxygen atoms in total. The van der Waals surface area contributed by atoms with Gasteiger partial charge >= 0.3 is 0 Å². The molecule has 3 heteroatoms. The molecule has 0 aliphatic heterocycles. The van der Waals surface area contributed by atoms with Crippen LogP contribution in [-0.2, 0) is 0 Å². The van der Waals surface area contributed by atoms with Crippen LogP contribution in [0.1, 0.15) is 20.8 Å². The van der Waals surface area contributed by atoms with Gasteiger partial charge in [-0.2, -0.15) is 0 Å². The van der Waals surface area contributed by atoms with Gasteiger partial charge in [0, 0.05) is 10.7 Å². The van der Waals surface area contributed by atoms with E-state index < -0.39 is 0 Å². The molecule has 0 bridgehead atoms. The zero-order chi connectivity index (χ0) is 7.49. The summed E-state index contributed by atoms with van der Waals surface area (Å²) in [5.41, 5.74) is 0.737. The molecule has 0 radical (unpaired) electrons. The molecular weight excluding hydrogens is 182 g/mol. The van der Waals surface area contributed by atoms with Gasteiger partial charge in [0.2, 0.25) is 0 Å². The lowest BCUT2D eigenvalue weighted by Crippen LogP contribution is -2.21. The minimum atomic E-state index is -0.0295. The van der Waals surface area contributed by atoms with Gasteiger partial charge in [0.1, 0.15) is 0 Å². The highest BCUT2D eigenvalue weighted by Gasteiger charge is 2.17. The molecule has 0 aliphatic rings. The lowest BCUT2D eigenvalue weighted by atomic mass is 9.91. The van der Waals surface area contributed by atoms with E-state index in [1.165, 1.54) is 0 Å². The molecule has 0 aromatic carbocycles. The van der Waals surface area contributed by atoms with Crippen molar-refractivity contribution in [3.63, 3.8) is 0 Å². The van der Waals surface area contributed by atoms with Crippen molar-refractivity contribution in [1.82, 2.24) is 0 Å². The average molecular weight is 194 g/mol. The van der Waals surface area contributed by atoms with Gasteiger partial charge in [-0.25, -0.2) is 0 Å². The second-order valence-electron chi connectivity index (χ2n) is 2.93. The number of alkyl halides is 1. The van der Waals surface area contributed by atoms with E-state index >= 15 is 0 Å². The molecule has 0 unspecified atom stereocenters. The highest BCUT2D eigenvalue weighted by atomic mass is 79.9. The summed E-state index contributed by atoms with van der Waals surface area (Å²) in [6.45, 7) is 6.01. The van der Waals surface area contributed by atoms with Crippen molar-refractivity contribution in [2.24, 2.45) is 10.6 Å². The van der Waals surface area contributed by atoms with Crippen LogP contribution in [0.5, 0.6) is 0 Å². The summed E-state index contributed by atoms with van der Waals surface area (Å²) in [6.07, 6.45) is 0. The maximum atomic E-state index is 8.42. The summed E-state index contributed by atoms with van der Waals surface area (Å²) in [6, 6.07) is 0. The largest absolute Gasteiger partial charge is 0.411 e. The maximum Gasteiger partial charge on any atom is 0.0729 e. The van der Waals surface area contributed by atoms with E-state index in [4.69, 9.17) is 5.21 Å². The number of oxime groups is 1. The van der Waals surface area contributed by atoms with Crippen molar-refractivity contribution in [2.45, 2.75) is 20.8 Å². The fraction of sp³-hybridized carbons (Fsp3) is 0.833. The maximum absolute atomic E-state index is 8.42. The molecule has 0 aromatic heterocycles. The van der Waals surface area contributed by atoms with Crippen molar-refractivity contribution in [2.75, 3.05) is 5.33 Å². The molecule has 9 heavy (non-hydrogen) atoms. The standard InChI is InChI=1S/C6H12BrNO/c1-6(2,3)5(4-7)8-9/h9H,4H2,1-3H3/b8-5-. The number of hydrogen-bond acceptors (Lipinski definition) is 2. The van der Waals surface area contributed by atoms with Gasteiger partial charge in [-0.3, -0.25) is 0 Å². The SMILES string of the molecule is CC(C)(C)/C(CBr)=N\O. The lowest BCUT2D eigenvalue weighted by molar-refractivity contribution is 0.311. The van der Waals surface area contributed by atoms with E-state index in [-0.39, 0.29) is 5.41 Å². The second-order valence-corrected chi connectivity index (χ2v) is 3.49. The van der Waals surface area contributed by atoms with Gasteiger partial charge < -0.3 is 5.21 Å². The van der Waals surface area contributed by atoms with Crippen molar-refractivity contribution in [3.8, 4) is 0 Å². The van der Waals surface area contributed by atoms with Gasteiger partial charge in [0.15, 0.2) is 0 Å². The Morgan fingerprint density at radius 1 is 1.56 bits per heavy atom. The average Bonchev–Trinajstić information content (AvgIpc) is 1.65. The monoisotopic (exact) mass is 193 g/mol. The van der Waals surface area contributed by atoms with Crippen LogP contribution < -0.4 is 0 Å². The first-order valence-corrected chi connectivity index (χ1v) is 3.92. The van der Waals surface area contributed by atoms with E-state index in [0.29, 0.717) is 5.33 Å². The number of rotatable bonds is 1. The molecule has 0 heterocycles. The molecule has 0 amide bonds. The van der Waals surface area contributed by atoms with E-state index in [0.717, 1.165) is 5.71 Å². The third kappa shape index (κ3) is 2.84. The quantitative estimate of drug-likeness (QED) is 0.295. The van der Waals surface area contributed by atoms with Crippen LogP contribution in [0, 0.1) is 5.41 Å². The van der Waals surface area contributed by atoms with E-state index in [2.05, 4.69) is 21.1 Å². The van der Waals surface area contributed by atoms with Crippen molar-refractivity contribution in [3.05, 3.63) is 0 Å². The Hall–Kier alpha value is -0.0500. The summed E-state index contributed by atoms with van der Waals surface area (Å²) in [5, 5.41) is 12.2. The summed E-state index contributed by atoms with van der Waals surface area (Å²) in [7, 11) is 0. The van der Waals surface area contributed by atoms with Crippen LogP contribution in [0.25, 0.3) is 0 Å². The van der Waals surface area contributed by atoms with Crippen LogP contribution in [-0.4, -0.2) is 16.2 Å². The Balaban J connectivity index is 4.14. The molecule has 0 saturated carbocycles. The topological polar surface area (TPSA) is 32.6 Å². The Morgan fingerprint density at radius 2 is 2.00 bits per heavy atom. The number of halogens is 1. The molecule has 0 fully saturated rings. The molecule has 1 N–H and O–H groups in total. The first-order chi connectivity index (χ1) is 4.02. The normalized spacial score (nSPS) is 14.0. The highest BCUT2D eigenvalue weighted by molar-refractivity contribution is 9.09. The van der Waals surface area contributed by atoms with Crippen molar-refractivity contribution >= 4 is 21.6 Å². The highest BCUT2D eigenvalue weighted by Crippen LogP contribution is 2.16. The van der Waals surface area contributed by atoms with Gasteiger partial charge in [-0.15, -0.1) is 0 Å². The van der Waals surface area contributed by atoms with Crippen molar-refractivity contribution < 1.29 is 5.21 Å². The van der Waals surface area contributed by atoms with E-state index in [1.807, 2.05) is 20.8 Å². The van der Waals surface area contributed by atoms with Gasteiger partial charge in [-0.1, -0.05) is 41.9 Å². The second kappa shape index (κ2) is 3.20. The summed E-state index contributed by atoms with van der Waals surface area (Å²) in [5.74, 6) is 0. The van der Waals surface area contributed by atoms with Gasteiger partial charge in [-0.05, 0) is 0 Å². The molecule has 0 atom stereocenters. The molecule has 0 aliphatic carbocycles. The molecule has 0 spiro atoms. The van der Waals surface area contributed by atoms with E-state index in [9.17, 15) is 0 Å². The summed E-state index contributed by atoms with van der Waals surface area (Å²) < 4.78 is 0. The fourth-order valence-corrected chi connectivity index (χ4v) is 1.33. The molecule has 0 saturated heterocycles. The Labute approximate surface area is 64.1 Å².